The maximum atomic E-state index is 11.8. The quantitative estimate of drug-likeness (QED) is 0.711. The van der Waals surface area contributed by atoms with Gasteiger partial charge in [-0.15, -0.1) is 0 Å². The first kappa shape index (κ1) is 15.8. The van der Waals surface area contributed by atoms with E-state index < -0.39 is 21.4 Å². The molecular formula is C14H19NO5S. The molecule has 0 amide bonds. The number of hydrogen-bond acceptors (Lipinski definition) is 4. The van der Waals surface area contributed by atoms with Crippen LogP contribution in [0.5, 0.6) is 0 Å². The van der Waals surface area contributed by atoms with Crippen LogP contribution >= 0.6 is 0 Å². The van der Waals surface area contributed by atoms with E-state index in [9.17, 15) is 18.3 Å². The predicted molar refractivity (Wildman–Crippen MR) is 78.9 cm³/mol. The maximum Gasteiger partial charge on any atom is 0.314 e. The molecular weight excluding hydrogens is 294 g/mol. The lowest BCUT2D eigenvalue weighted by atomic mass is 9.96. The molecule has 0 aliphatic heterocycles. The van der Waals surface area contributed by atoms with Gasteiger partial charge in [0.2, 0.25) is 10.0 Å². The molecule has 1 fully saturated rings. The van der Waals surface area contributed by atoms with Crippen LogP contribution in [0.1, 0.15) is 25.3 Å². The van der Waals surface area contributed by atoms with Gasteiger partial charge in [-0.1, -0.05) is 12.1 Å². The van der Waals surface area contributed by atoms with Crippen LogP contribution in [-0.2, 0) is 25.0 Å². The van der Waals surface area contributed by atoms with Crippen molar-refractivity contribution in [1.82, 2.24) is 0 Å². The molecule has 0 spiro atoms. The largest absolute Gasteiger partial charge is 0.481 e. The van der Waals surface area contributed by atoms with E-state index in [2.05, 4.69) is 4.72 Å². The second-order valence-corrected chi connectivity index (χ2v) is 6.92. The topological polar surface area (TPSA) is 92.7 Å². The van der Waals surface area contributed by atoms with Gasteiger partial charge >= 0.3 is 5.97 Å². The number of benzene rings is 1. The molecule has 1 aromatic rings. The number of carbonyl (C=O) groups is 1. The fourth-order valence-electron chi connectivity index (χ4n) is 2.15. The first-order chi connectivity index (χ1) is 9.89. The van der Waals surface area contributed by atoms with Crippen LogP contribution < -0.4 is 4.72 Å². The standard InChI is InChI=1S/C14H19NO5S/c1-2-20-9-10-21(18,19)15-12-5-3-11(4-6-12)14(7-8-14)13(16)17/h3-6,15H,2,7-10H2,1H3,(H,16,17). The van der Waals surface area contributed by atoms with Crippen LogP contribution in [0, 0.1) is 0 Å². The van der Waals surface area contributed by atoms with Crippen LogP contribution in [0.25, 0.3) is 0 Å². The molecule has 7 heteroatoms. The van der Waals surface area contributed by atoms with Gasteiger partial charge in [-0.25, -0.2) is 8.42 Å². The highest BCUT2D eigenvalue weighted by molar-refractivity contribution is 7.92. The molecule has 21 heavy (non-hydrogen) atoms. The lowest BCUT2D eigenvalue weighted by Gasteiger charge is -2.12. The summed E-state index contributed by atoms with van der Waals surface area (Å²) in [7, 11) is -3.45. The number of sulfonamides is 1. The van der Waals surface area contributed by atoms with Crippen LogP contribution in [0.15, 0.2) is 24.3 Å². The first-order valence-corrected chi connectivity index (χ1v) is 8.47. The molecule has 116 valence electrons. The lowest BCUT2D eigenvalue weighted by molar-refractivity contribution is -0.140. The zero-order chi connectivity index (χ0) is 15.5. The SMILES string of the molecule is CCOCCS(=O)(=O)Nc1ccc(C2(C(=O)O)CC2)cc1. The molecule has 0 bridgehead atoms. The van der Waals surface area contributed by atoms with Crippen LogP contribution in [0.4, 0.5) is 5.69 Å². The average molecular weight is 313 g/mol. The summed E-state index contributed by atoms with van der Waals surface area (Å²) < 4.78 is 31.1. The molecule has 0 unspecified atom stereocenters. The second-order valence-electron chi connectivity index (χ2n) is 5.08. The summed E-state index contributed by atoms with van der Waals surface area (Å²) >= 11 is 0. The van der Waals surface area contributed by atoms with Crippen LogP contribution in [-0.4, -0.2) is 38.5 Å². The van der Waals surface area contributed by atoms with Gasteiger partial charge in [0.05, 0.1) is 17.8 Å². The predicted octanol–water partition coefficient (Wildman–Crippen LogP) is 1.58. The van der Waals surface area contributed by atoms with Gasteiger partial charge in [-0.2, -0.15) is 0 Å². The third-order valence-electron chi connectivity index (χ3n) is 3.57. The number of nitrogens with one attached hydrogen (secondary N) is 1. The van der Waals surface area contributed by atoms with Crippen molar-refractivity contribution in [3.05, 3.63) is 29.8 Å². The lowest BCUT2D eigenvalue weighted by Crippen LogP contribution is -2.21. The van der Waals surface area contributed by atoms with Crippen molar-refractivity contribution in [3.63, 3.8) is 0 Å². The zero-order valence-corrected chi connectivity index (χ0v) is 12.6. The molecule has 1 aliphatic rings. The summed E-state index contributed by atoms with van der Waals surface area (Å²) in [5.74, 6) is -0.936. The third-order valence-corrected chi connectivity index (χ3v) is 4.82. The van der Waals surface area contributed by atoms with E-state index in [0.29, 0.717) is 30.7 Å². The molecule has 0 atom stereocenters. The molecule has 1 aromatic carbocycles. The molecule has 6 nitrogen and oxygen atoms in total. The highest BCUT2D eigenvalue weighted by Crippen LogP contribution is 2.48. The summed E-state index contributed by atoms with van der Waals surface area (Å²) in [6, 6.07) is 6.52. The second kappa shape index (κ2) is 6.03. The number of rotatable bonds is 8. The zero-order valence-electron chi connectivity index (χ0n) is 11.8. The van der Waals surface area contributed by atoms with E-state index in [4.69, 9.17) is 4.74 Å². The minimum Gasteiger partial charge on any atom is -0.481 e. The van der Waals surface area contributed by atoms with Crippen molar-refractivity contribution in [1.29, 1.82) is 0 Å². The monoisotopic (exact) mass is 313 g/mol. The molecule has 0 aromatic heterocycles. The molecule has 2 N–H and O–H groups in total. The van der Waals surface area contributed by atoms with Crippen molar-refractivity contribution >= 4 is 21.7 Å². The van der Waals surface area contributed by atoms with Gasteiger partial charge in [-0.05, 0) is 37.5 Å². The van der Waals surface area contributed by atoms with Crippen molar-refractivity contribution in [2.24, 2.45) is 0 Å². The van der Waals surface area contributed by atoms with Crippen molar-refractivity contribution in [3.8, 4) is 0 Å². The Balaban J connectivity index is 2.01. The Bertz CT molecular complexity index is 605. The highest BCUT2D eigenvalue weighted by Gasteiger charge is 2.51. The third kappa shape index (κ3) is 3.74. The van der Waals surface area contributed by atoms with Crippen LogP contribution in [0.2, 0.25) is 0 Å². The number of anilines is 1. The minimum absolute atomic E-state index is 0.109. The van der Waals surface area contributed by atoms with Gasteiger partial charge in [0.25, 0.3) is 0 Å². The Morgan fingerprint density at radius 2 is 1.95 bits per heavy atom. The Morgan fingerprint density at radius 3 is 2.43 bits per heavy atom. The van der Waals surface area contributed by atoms with Gasteiger partial charge in [0.15, 0.2) is 0 Å². The normalized spacial score (nSPS) is 16.4. The average Bonchev–Trinajstić information content (AvgIpc) is 3.21. The van der Waals surface area contributed by atoms with Crippen molar-refractivity contribution in [2.45, 2.75) is 25.2 Å². The summed E-state index contributed by atoms with van der Waals surface area (Å²) in [6.45, 7) is 2.42. The van der Waals surface area contributed by atoms with Gasteiger partial charge < -0.3 is 9.84 Å². The Hall–Kier alpha value is -1.60. The van der Waals surface area contributed by atoms with Crippen LogP contribution in [0.3, 0.4) is 0 Å². The van der Waals surface area contributed by atoms with Crippen molar-refractivity contribution in [2.75, 3.05) is 23.7 Å². The summed E-state index contributed by atoms with van der Waals surface area (Å²) in [5, 5.41) is 9.21. The van der Waals surface area contributed by atoms with E-state index in [1.807, 2.05) is 0 Å². The molecule has 0 radical (unpaired) electrons. The minimum atomic E-state index is -3.45. The van der Waals surface area contributed by atoms with Gasteiger partial charge in [0.1, 0.15) is 0 Å². The van der Waals surface area contributed by atoms with Crippen molar-refractivity contribution < 1.29 is 23.1 Å². The molecule has 0 saturated heterocycles. The Morgan fingerprint density at radius 1 is 1.33 bits per heavy atom. The Labute approximate surface area is 124 Å². The summed E-state index contributed by atoms with van der Waals surface area (Å²) in [4.78, 5) is 11.2. The summed E-state index contributed by atoms with van der Waals surface area (Å²) in [6.07, 6.45) is 1.25. The van der Waals surface area contributed by atoms with Gasteiger partial charge in [-0.3, -0.25) is 9.52 Å². The molecule has 2 rings (SSSR count). The highest BCUT2D eigenvalue weighted by atomic mass is 32.2. The summed E-state index contributed by atoms with van der Waals surface area (Å²) in [5.41, 5.74) is 0.371. The molecule has 1 saturated carbocycles. The number of ether oxygens (including phenoxy) is 1. The van der Waals surface area contributed by atoms with E-state index in [0.717, 1.165) is 0 Å². The maximum absolute atomic E-state index is 11.8. The first-order valence-electron chi connectivity index (χ1n) is 6.82. The fraction of sp³-hybridized carbons (Fsp3) is 0.500. The van der Waals surface area contributed by atoms with E-state index in [1.54, 1.807) is 31.2 Å². The molecule has 1 aliphatic carbocycles. The Kier molecular flexibility index (Phi) is 4.53. The van der Waals surface area contributed by atoms with E-state index in [1.165, 1.54) is 0 Å². The molecule has 0 heterocycles. The number of carboxylic acids is 1. The fourth-order valence-corrected chi connectivity index (χ4v) is 3.09. The number of carboxylic acid groups (broad SMARTS) is 1. The smallest absolute Gasteiger partial charge is 0.314 e. The van der Waals surface area contributed by atoms with E-state index in [-0.39, 0.29) is 12.4 Å². The number of hydrogen-bond donors (Lipinski definition) is 2. The van der Waals surface area contributed by atoms with Gasteiger partial charge in [0, 0.05) is 12.3 Å². The number of aliphatic carboxylic acids is 1. The van der Waals surface area contributed by atoms with E-state index >= 15 is 0 Å².